The van der Waals surface area contributed by atoms with Crippen molar-refractivity contribution in [2.24, 2.45) is 17.3 Å². The van der Waals surface area contributed by atoms with E-state index in [2.05, 4.69) is 4.98 Å². The molecule has 0 saturated heterocycles. The van der Waals surface area contributed by atoms with Gasteiger partial charge in [0.2, 0.25) is 0 Å². The molecule has 1 aliphatic rings. The number of aliphatic hydroxyl groups is 3. The molecule has 1 aliphatic heterocycles. The fraction of sp³-hybridized carbons (Fsp3) is 0.654. The first kappa shape index (κ1) is 28.4. The second kappa shape index (κ2) is 12.2. The number of Topliss-reactive ketones (excluding diaryl/α,β-unsaturated/α-hetero) is 1. The summed E-state index contributed by atoms with van der Waals surface area (Å²) >= 11 is 1.52. The highest BCUT2D eigenvalue weighted by Gasteiger charge is 2.42. The van der Waals surface area contributed by atoms with Crippen LogP contribution in [0.15, 0.2) is 23.1 Å². The van der Waals surface area contributed by atoms with Crippen LogP contribution >= 0.6 is 11.3 Å². The molecule has 34 heavy (non-hydrogen) atoms. The molecule has 0 amide bonds. The normalized spacial score (nSPS) is 33.4. The quantitative estimate of drug-likeness (QED) is 0.423. The van der Waals surface area contributed by atoms with Crippen molar-refractivity contribution in [2.45, 2.75) is 91.6 Å². The first-order chi connectivity index (χ1) is 15.8. The molecule has 0 spiro atoms. The number of carbonyl (C=O) groups excluding carboxylic acids is 2. The van der Waals surface area contributed by atoms with Crippen molar-refractivity contribution < 1.29 is 29.6 Å². The lowest BCUT2D eigenvalue weighted by Gasteiger charge is -2.34. The fourth-order valence-electron chi connectivity index (χ4n) is 4.17. The minimum absolute atomic E-state index is 0.183. The van der Waals surface area contributed by atoms with Gasteiger partial charge in [0.25, 0.3) is 0 Å². The van der Waals surface area contributed by atoms with E-state index in [1.54, 1.807) is 20.8 Å². The third-order valence-corrected chi connectivity index (χ3v) is 7.49. The number of hydrogen-bond donors (Lipinski definition) is 3. The summed E-state index contributed by atoms with van der Waals surface area (Å²) in [5.74, 6) is -1.85. The van der Waals surface area contributed by atoms with E-state index in [0.717, 1.165) is 16.3 Å². The van der Waals surface area contributed by atoms with Gasteiger partial charge >= 0.3 is 5.97 Å². The molecule has 6 unspecified atom stereocenters. The smallest absolute Gasteiger partial charge is 0.309 e. The number of ketones is 1. The molecule has 0 bridgehead atoms. The zero-order chi connectivity index (χ0) is 25.6. The number of allylic oxidation sites excluding steroid dienone is 1. The number of aliphatic hydroxyl groups excluding tert-OH is 3. The van der Waals surface area contributed by atoms with E-state index in [4.69, 9.17) is 4.74 Å². The van der Waals surface area contributed by atoms with Gasteiger partial charge in [-0.2, -0.15) is 0 Å². The highest BCUT2D eigenvalue weighted by molar-refractivity contribution is 7.09. The number of carbonyl (C=O) groups is 2. The van der Waals surface area contributed by atoms with Crippen LogP contribution in [-0.2, 0) is 14.3 Å². The van der Waals surface area contributed by atoms with Crippen LogP contribution in [-0.4, -0.2) is 56.5 Å². The fourth-order valence-corrected chi connectivity index (χ4v) is 4.74. The molecule has 6 atom stereocenters. The predicted octanol–water partition coefficient (Wildman–Crippen LogP) is 3.85. The highest BCUT2D eigenvalue weighted by atomic mass is 32.1. The van der Waals surface area contributed by atoms with Crippen LogP contribution in [0, 0.1) is 24.2 Å². The molecule has 0 saturated carbocycles. The van der Waals surface area contributed by atoms with Gasteiger partial charge in [-0.15, -0.1) is 11.3 Å². The van der Waals surface area contributed by atoms with Crippen molar-refractivity contribution in [3.8, 4) is 0 Å². The van der Waals surface area contributed by atoms with E-state index in [1.807, 2.05) is 44.4 Å². The Morgan fingerprint density at radius 2 is 1.82 bits per heavy atom. The van der Waals surface area contributed by atoms with Crippen molar-refractivity contribution in [1.82, 2.24) is 4.98 Å². The third kappa shape index (κ3) is 7.57. The summed E-state index contributed by atoms with van der Waals surface area (Å²) in [6.45, 7) is 10.4. The molecule has 0 fully saturated rings. The lowest BCUT2D eigenvalue weighted by Crippen LogP contribution is -2.45. The highest BCUT2D eigenvalue weighted by Crippen LogP contribution is 2.32. The largest absolute Gasteiger partial charge is 0.458 e. The van der Waals surface area contributed by atoms with Gasteiger partial charge in [-0.05, 0) is 44.3 Å². The first-order valence-electron chi connectivity index (χ1n) is 11.9. The standard InChI is InChI=1S/C26H39NO6S/c1-15-9-7-8-10-20(28)12-21(16(2)11-19-14-34-18(4)27-19)33-23(30)13-22(29)26(5,6)25(32)17(3)24(15)31/h7-8,11,14-15,17,20-22,24,28-29,31H,9-10,12-13H2,1-6H3/b8-7-,16-11+. The van der Waals surface area contributed by atoms with Gasteiger partial charge in [-0.25, -0.2) is 4.98 Å². The number of hydrogen-bond acceptors (Lipinski definition) is 8. The maximum absolute atomic E-state index is 13.1. The molecule has 0 aliphatic carbocycles. The molecule has 2 rings (SSSR count). The Kier molecular flexibility index (Phi) is 10.2. The second-order valence-electron chi connectivity index (χ2n) is 10.1. The number of nitrogens with zero attached hydrogens (tertiary/aromatic N) is 1. The van der Waals surface area contributed by atoms with E-state index in [0.29, 0.717) is 12.8 Å². The van der Waals surface area contributed by atoms with Gasteiger partial charge in [-0.1, -0.05) is 39.8 Å². The van der Waals surface area contributed by atoms with Crippen molar-refractivity contribution in [2.75, 3.05) is 0 Å². The maximum atomic E-state index is 13.1. The van der Waals surface area contributed by atoms with Crippen LogP contribution < -0.4 is 0 Å². The van der Waals surface area contributed by atoms with E-state index in [-0.39, 0.29) is 24.5 Å². The van der Waals surface area contributed by atoms with Gasteiger partial charge in [-0.3, -0.25) is 9.59 Å². The summed E-state index contributed by atoms with van der Waals surface area (Å²) in [6.07, 6.45) is 2.70. The molecule has 190 valence electrons. The van der Waals surface area contributed by atoms with Crippen molar-refractivity contribution in [3.05, 3.63) is 33.8 Å². The molecule has 3 N–H and O–H groups in total. The SMILES string of the molecule is C/C(=C\c1csc(C)n1)C1CC(O)C/C=C\CC(C)C(O)C(C)C(=O)C(C)(C)C(O)CC(=O)O1. The predicted molar refractivity (Wildman–Crippen MR) is 133 cm³/mol. The van der Waals surface area contributed by atoms with E-state index in [1.165, 1.54) is 11.3 Å². The number of rotatable bonds is 2. The number of aryl methyl sites for hydroxylation is 1. The molecule has 0 radical (unpaired) electrons. The summed E-state index contributed by atoms with van der Waals surface area (Å²) in [6, 6.07) is 0. The van der Waals surface area contributed by atoms with Crippen molar-refractivity contribution >= 4 is 29.2 Å². The van der Waals surface area contributed by atoms with Crippen molar-refractivity contribution in [1.29, 1.82) is 0 Å². The summed E-state index contributed by atoms with van der Waals surface area (Å²) in [4.78, 5) is 30.3. The number of cyclic esters (lactones) is 1. The van der Waals surface area contributed by atoms with E-state index in [9.17, 15) is 24.9 Å². The van der Waals surface area contributed by atoms with E-state index < -0.39 is 41.7 Å². The van der Waals surface area contributed by atoms with Gasteiger partial charge in [0.1, 0.15) is 11.9 Å². The first-order valence-corrected chi connectivity index (χ1v) is 12.7. The van der Waals surface area contributed by atoms with Gasteiger partial charge in [0.15, 0.2) is 0 Å². The Morgan fingerprint density at radius 3 is 2.44 bits per heavy atom. The Balaban J connectivity index is 2.33. The summed E-state index contributed by atoms with van der Waals surface area (Å²) in [5.41, 5.74) is 0.244. The van der Waals surface area contributed by atoms with Crippen LogP contribution in [0.2, 0.25) is 0 Å². The lowest BCUT2D eigenvalue weighted by atomic mass is 9.73. The number of ether oxygens (including phenoxy) is 1. The van der Waals surface area contributed by atoms with Crippen LogP contribution in [0.4, 0.5) is 0 Å². The minimum Gasteiger partial charge on any atom is -0.458 e. The van der Waals surface area contributed by atoms with Gasteiger partial charge < -0.3 is 20.1 Å². The molecular formula is C26H39NO6S. The summed E-state index contributed by atoms with van der Waals surface area (Å²) in [7, 11) is 0. The minimum atomic E-state index is -1.28. The summed E-state index contributed by atoms with van der Waals surface area (Å²) in [5, 5.41) is 34.9. The monoisotopic (exact) mass is 493 g/mol. The topological polar surface area (TPSA) is 117 Å². The second-order valence-corrected chi connectivity index (χ2v) is 11.1. The van der Waals surface area contributed by atoms with Crippen LogP contribution in [0.25, 0.3) is 6.08 Å². The molecule has 0 aromatic carbocycles. The number of aromatic nitrogens is 1. The molecule has 8 heteroatoms. The molecule has 7 nitrogen and oxygen atoms in total. The zero-order valence-corrected chi connectivity index (χ0v) is 21.8. The number of esters is 1. The average molecular weight is 494 g/mol. The summed E-state index contributed by atoms with van der Waals surface area (Å²) < 4.78 is 5.69. The third-order valence-electron chi connectivity index (χ3n) is 6.70. The van der Waals surface area contributed by atoms with E-state index >= 15 is 0 Å². The Labute approximate surface area is 206 Å². The van der Waals surface area contributed by atoms with Crippen LogP contribution in [0.3, 0.4) is 0 Å². The Morgan fingerprint density at radius 1 is 1.18 bits per heavy atom. The Hall–Kier alpha value is -1.87. The average Bonchev–Trinajstić information content (AvgIpc) is 3.17. The van der Waals surface area contributed by atoms with Crippen LogP contribution in [0.1, 0.15) is 71.0 Å². The Bertz CT molecular complexity index is 905. The maximum Gasteiger partial charge on any atom is 0.309 e. The molecule has 1 aromatic heterocycles. The zero-order valence-electron chi connectivity index (χ0n) is 21.0. The molecular weight excluding hydrogens is 454 g/mol. The lowest BCUT2D eigenvalue weighted by molar-refractivity contribution is -0.155. The van der Waals surface area contributed by atoms with Gasteiger partial charge in [0, 0.05) is 17.7 Å². The van der Waals surface area contributed by atoms with Crippen molar-refractivity contribution in [3.63, 3.8) is 0 Å². The molecule has 2 heterocycles. The van der Waals surface area contributed by atoms with Gasteiger partial charge in [0.05, 0.1) is 40.8 Å². The number of thiazole rings is 1. The molecule has 1 aromatic rings. The van der Waals surface area contributed by atoms with Crippen LogP contribution in [0.5, 0.6) is 0 Å².